The Balaban J connectivity index is 1.60. The molecule has 3 aromatic rings. The van der Waals surface area contributed by atoms with Gasteiger partial charge in [-0.1, -0.05) is 52.3 Å². The normalized spacial score (nSPS) is 16.4. The van der Waals surface area contributed by atoms with E-state index in [0.29, 0.717) is 19.5 Å². The fourth-order valence-corrected chi connectivity index (χ4v) is 3.86. The van der Waals surface area contributed by atoms with Crippen molar-refractivity contribution in [1.82, 2.24) is 14.7 Å². The van der Waals surface area contributed by atoms with E-state index in [4.69, 9.17) is 0 Å². The number of fused-ring (bicyclic) bond motifs is 1. The molecule has 1 atom stereocenters. The zero-order valence-corrected chi connectivity index (χ0v) is 16.2. The minimum atomic E-state index is 0.163. The standard InChI is InChI=1S/C21H20BrN3O/c1-24-12-17(11-23-24)20-14-25(13-16-4-2-3-5-19(16)20)21(26)10-15-6-8-18(22)9-7-15/h2-9,11-12,20H,10,13-14H2,1H3/t20-/m1/s1. The molecule has 0 spiro atoms. The Morgan fingerprint density at radius 1 is 1.19 bits per heavy atom. The van der Waals surface area contributed by atoms with E-state index in [1.165, 1.54) is 11.1 Å². The van der Waals surface area contributed by atoms with Gasteiger partial charge in [0.15, 0.2) is 0 Å². The van der Waals surface area contributed by atoms with Gasteiger partial charge in [-0.3, -0.25) is 9.48 Å². The first-order valence-corrected chi connectivity index (χ1v) is 9.48. The average molecular weight is 410 g/mol. The second-order valence-corrected chi connectivity index (χ2v) is 7.69. The highest BCUT2D eigenvalue weighted by molar-refractivity contribution is 9.10. The van der Waals surface area contributed by atoms with Crippen LogP contribution >= 0.6 is 15.9 Å². The van der Waals surface area contributed by atoms with Crippen molar-refractivity contribution in [2.45, 2.75) is 18.9 Å². The van der Waals surface area contributed by atoms with Gasteiger partial charge in [-0.05, 0) is 34.4 Å². The van der Waals surface area contributed by atoms with E-state index >= 15 is 0 Å². The molecule has 1 aromatic heterocycles. The Bertz CT molecular complexity index is 932. The Labute approximate surface area is 161 Å². The highest BCUT2D eigenvalue weighted by atomic mass is 79.9. The van der Waals surface area contributed by atoms with E-state index in [0.717, 1.165) is 15.6 Å². The molecule has 132 valence electrons. The Kier molecular flexibility index (Phi) is 4.64. The van der Waals surface area contributed by atoms with Crippen LogP contribution < -0.4 is 0 Å². The molecular formula is C21H20BrN3O. The number of hydrogen-bond acceptors (Lipinski definition) is 2. The highest BCUT2D eigenvalue weighted by Crippen LogP contribution is 2.33. The molecule has 0 unspecified atom stereocenters. The summed E-state index contributed by atoms with van der Waals surface area (Å²) in [5, 5.41) is 4.32. The third-order valence-electron chi connectivity index (χ3n) is 4.94. The molecule has 4 rings (SSSR count). The Morgan fingerprint density at radius 3 is 2.69 bits per heavy atom. The van der Waals surface area contributed by atoms with Crippen molar-refractivity contribution in [1.29, 1.82) is 0 Å². The molecule has 0 aliphatic carbocycles. The lowest BCUT2D eigenvalue weighted by molar-refractivity contribution is -0.131. The molecule has 0 N–H and O–H groups in total. The summed E-state index contributed by atoms with van der Waals surface area (Å²) in [6, 6.07) is 16.4. The number of rotatable bonds is 3. The van der Waals surface area contributed by atoms with E-state index in [-0.39, 0.29) is 11.8 Å². The smallest absolute Gasteiger partial charge is 0.227 e. The minimum Gasteiger partial charge on any atom is -0.337 e. The van der Waals surface area contributed by atoms with Crippen molar-refractivity contribution < 1.29 is 4.79 Å². The summed E-state index contributed by atoms with van der Waals surface area (Å²) in [5.41, 5.74) is 4.71. The molecule has 2 aromatic carbocycles. The lowest BCUT2D eigenvalue weighted by Gasteiger charge is -2.34. The van der Waals surface area contributed by atoms with Crippen LogP contribution in [0.25, 0.3) is 0 Å². The summed E-state index contributed by atoms with van der Waals surface area (Å²) < 4.78 is 2.85. The lowest BCUT2D eigenvalue weighted by Crippen LogP contribution is -2.39. The summed E-state index contributed by atoms with van der Waals surface area (Å²) in [6.07, 6.45) is 4.38. The van der Waals surface area contributed by atoms with Crippen LogP contribution in [0.15, 0.2) is 65.4 Å². The second-order valence-electron chi connectivity index (χ2n) is 6.78. The van der Waals surface area contributed by atoms with Crippen molar-refractivity contribution in [3.8, 4) is 0 Å². The third-order valence-corrected chi connectivity index (χ3v) is 5.47. The van der Waals surface area contributed by atoms with Gasteiger partial charge in [0.05, 0.1) is 12.6 Å². The molecule has 0 saturated carbocycles. The minimum absolute atomic E-state index is 0.163. The summed E-state index contributed by atoms with van der Waals surface area (Å²) in [5.74, 6) is 0.332. The number of aromatic nitrogens is 2. The fourth-order valence-electron chi connectivity index (χ4n) is 3.59. The van der Waals surface area contributed by atoms with E-state index in [1.807, 2.05) is 59.4 Å². The third kappa shape index (κ3) is 3.44. The number of hydrogen-bond donors (Lipinski definition) is 0. The second kappa shape index (κ2) is 7.08. The summed E-state index contributed by atoms with van der Waals surface area (Å²) in [6.45, 7) is 1.36. The van der Waals surface area contributed by atoms with Crippen molar-refractivity contribution in [2.75, 3.05) is 6.54 Å². The van der Waals surface area contributed by atoms with Crippen LogP contribution in [0.2, 0.25) is 0 Å². The summed E-state index contributed by atoms with van der Waals surface area (Å²) in [7, 11) is 1.93. The van der Waals surface area contributed by atoms with E-state index in [1.54, 1.807) is 0 Å². The number of amides is 1. The Hall–Kier alpha value is -2.40. The fraction of sp³-hybridized carbons (Fsp3) is 0.238. The molecule has 5 heteroatoms. The van der Waals surface area contributed by atoms with Crippen LogP contribution in [0.3, 0.4) is 0 Å². The van der Waals surface area contributed by atoms with Gasteiger partial charge in [0, 0.05) is 36.7 Å². The van der Waals surface area contributed by atoms with E-state index < -0.39 is 0 Å². The van der Waals surface area contributed by atoms with Gasteiger partial charge < -0.3 is 4.90 Å². The van der Waals surface area contributed by atoms with Gasteiger partial charge >= 0.3 is 0 Å². The molecule has 0 fully saturated rings. The largest absolute Gasteiger partial charge is 0.337 e. The maximum atomic E-state index is 12.9. The molecule has 0 saturated heterocycles. The number of aryl methyl sites for hydroxylation is 1. The zero-order valence-electron chi connectivity index (χ0n) is 14.6. The predicted molar refractivity (Wildman–Crippen MR) is 105 cm³/mol. The van der Waals surface area contributed by atoms with Gasteiger partial charge in [0.25, 0.3) is 0 Å². The van der Waals surface area contributed by atoms with Gasteiger partial charge in [0.2, 0.25) is 5.91 Å². The van der Waals surface area contributed by atoms with Gasteiger partial charge in [0.1, 0.15) is 0 Å². The number of carbonyl (C=O) groups is 1. The lowest BCUT2D eigenvalue weighted by atomic mass is 9.86. The van der Waals surface area contributed by atoms with Crippen molar-refractivity contribution in [2.24, 2.45) is 7.05 Å². The molecular weight excluding hydrogens is 390 g/mol. The topological polar surface area (TPSA) is 38.1 Å². The first kappa shape index (κ1) is 17.0. The van der Waals surface area contributed by atoms with Crippen molar-refractivity contribution >= 4 is 21.8 Å². The number of benzene rings is 2. The van der Waals surface area contributed by atoms with Crippen LogP contribution in [0, 0.1) is 0 Å². The van der Waals surface area contributed by atoms with Crippen LogP contribution in [-0.4, -0.2) is 27.1 Å². The molecule has 1 aliphatic heterocycles. The molecule has 4 nitrogen and oxygen atoms in total. The maximum Gasteiger partial charge on any atom is 0.227 e. The molecule has 26 heavy (non-hydrogen) atoms. The number of carbonyl (C=O) groups excluding carboxylic acids is 1. The van der Waals surface area contributed by atoms with Crippen LogP contribution in [0.1, 0.15) is 28.2 Å². The molecule has 0 radical (unpaired) electrons. The van der Waals surface area contributed by atoms with Crippen LogP contribution in [0.4, 0.5) is 0 Å². The SMILES string of the molecule is Cn1cc([C@H]2CN(C(=O)Cc3ccc(Br)cc3)Cc3ccccc32)cn1. The van der Waals surface area contributed by atoms with Crippen molar-refractivity contribution in [3.63, 3.8) is 0 Å². The van der Waals surface area contributed by atoms with Gasteiger partial charge in [-0.25, -0.2) is 0 Å². The summed E-state index contributed by atoms with van der Waals surface area (Å²) >= 11 is 3.44. The number of halogens is 1. The quantitative estimate of drug-likeness (QED) is 0.657. The molecule has 1 amide bonds. The first-order valence-electron chi connectivity index (χ1n) is 8.69. The first-order chi connectivity index (χ1) is 12.6. The van der Waals surface area contributed by atoms with Crippen molar-refractivity contribution in [3.05, 3.63) is 87.7 Å². The highest BCUT2D eigenvalue weighted by Gasteiger charge is 2.29. The van der Waals surface area contributed by atoms with Crippen LogP contribution in [-0.2, 0) is 24.8 Å². The van der Waals surface area contributed by atoms with Gasteiger partial charge in [-0.2, -0.15) is 5.10 Å². The van der Waals surface area contributed by atoms with Crippen LogP contribution in [0.5, 0.6) is 0 Å². The molecule has 1 aliphatic rings. The Morgan fingerprint density at radius 2 is 1.96 bits per heavy atom. The van der Waals surface area contributed by atoms with Gasteiger partial charge in [-0.15, -0.1) is 0 Å². The predicted octanol–water partition coefficient (Wildman–Crippen LogP) is 3.90. The maximum absolute atomic E-state index is 12.9. The summed E-state index contributed by atoms with van der Waals surface area (Å²) in [4.78, 5) is 14.9. The average Bonchev–Trinajstić information content (AvgIpc) is 3.09. The number of nitrogens with zero attached hydrogens (tertiary/aromatic N) is 3. The van der Waals surface area contributed by atoms with E-state index in [2.05, 4.69) is 39.2 Å². The monoisotopic (exact) mass is 409 g/mol. The van der Waals surface area contributed by atoms with E-state index in [9.17, 15) is 4.79 Å². The molecule has 2 heterocycles. The molecule has 0 bridgehead atoms. The zero-order chi connectivity index (χ0) is 18.1.